The smallest absolute Gasteiger partial charge is 0.240 e. The number of benzene rings is 2. The number of nitrogens with zero attached hydrogens (tertiary/aromatic N) is 2. The van der Waals surface area contributed by atoms with E-state index in [4.69, 9.17) is 0 Å². The summed E-state index contributed by atoms with van der Waals surface area (Å²) in [5, 5.41) is 15.5. The van der Waals surface area contributed by atoms with Crippen molar-refractivity contribution in [3.63, 3.8) is 0 Å². The molecule has 8 heteroatoms. The van der Waals surface area contributed by atoms with Gasteiger partial charge in [-0.15, -0.1) is 11.3 Å². The van der Waals surface area contributed by atoms with E-state index in [1.807, 2.05) is 24.3 Å². The molecule has 3 aromatic rings. The molecule has 4 rings (SSSR count). The van der Waals surface area contributed by atoms with Crippen LogP contribution in [0, 0.1) is 17.1 Å². The molecule has 1 saturated carbocycles. The Kier molecular flexibility index (Phi) is 6.47. The van der Waals surface area contributed by atoms with Crippen molar-refractivity contribution in [3.8, 4) is 17.2 Å². The van der Waals surface area contributed by atoms with E-state index in [1.54, 1.807) is 6.07 Å². The Morgan fingerprint density at radius 2 is 1.88 bits per heavy atom. The van der Waals surface area contributed by atoms with Gasteiger partial charge in [-0.05, 0) is 48.2 Å². The van der Waals surface area contributed by atoms with Crippen LogP contribution < -0.4 is 10.6 Å². The molecule has 0 atom stereocenters. The van der Waals surface area contributed by atoms with Crippen LogP contribution in [0.2, 0.25) is 0 Å². The van der Waals surface area contributed by atoms with Crippen LogP contribution >= 0.6 is 11.3 Å². The van der Waals surface area contributed by atoms with Gasteiger partial charge in [-0.2, -0.15) is 5.26 Å². The highest BCUT2D eigenvalue weighted by Crippen LogP contribution is 2.29. The van der Waals surface area contributed by atoms with Gasteiger partial charge in [0.15, 0.2) is 0 Å². The molecular weight excluding hydrogens is 427 g/mol. The third-order valence-electron chi connectivity index (χ3n) is 5.65. The average molecular weight is 451 g/mol. The van der Waals surface area contributed by atoms with Crippen molar-refractivity contribution < 1.29 is 14.0 Å². The number of hydrogen-bond acceptors (Lipinski definition) is 5. The lowest BCUT2D eigenvalue weighted by Crippen LogP contribution is -2.51. The Balaban J connectivity index is 1.35. The predicted molar refractivity (Wildman–Crippen MR) is 121 cm³/mol. The topological polar surface area (TPSA) is 94.9 Å². The maximum absolute atomic E-state index is 13.5. The minimum absolute atomic E-state index is 0.0608. The number of aromatic nitrogens is 1. The molecule has 0 radical (unpaired) electrons. The third-order valence-corrected chi connectivity index (χ3v) is 6.67. The number of carbonyl (C=O) groups is 2. The van der Waals surface area contributed by atoms with Gasteiger partial charge in [-0.3, -0.25) is 9.59 Å². The Bertz CT molecular complexity index is 1190. The first kappa shape index (κ1) is 21.9. The summed E-state index contributed by atoms with van der Waals surface area (Å²) in [6.07, 6.45) is 4.25. The largest absolute Gasteiger partial charge is 0.347 e. The van der Waals surface area contributed by atoms with E-state index in [-0.39, 0.29) is 30.6 Å². The van der Waals surface area contributed by atoms with Crippen LogP contribution in [0.15, 0.2) is 42.5 Å². The first-order valence-electron chi connectivity index (χ1n) is 10.6. The number of thiazole rings is 1. The second kappa shape index (κ2) is 9.45. The van der Waals surface area contributed by atoms with Gasteiger partial charge in [0, 0.05) is 0 Å². The molecule has 164 valence electrons. The third kappa shape index (κ3) is 5.11. The lowest BCUT2D eigenvalue weighted by Gasteiger charge is -2.31. The highest BCUT2D eigenvalue weighted by atomic mass is 32.1. The van der Waals surface area contributed by atoms with Crippen molar-refractivity contribution in [2.45, 2.75) is 44.1 Å². The fourth-order valence-corrected chi connectivity index (χ4v) is 5.01. The van der Waals surface area contributed by atoms with Crippen molar-refractivity contribution >= 4 is 33.4 Å². The summed E-state index contributed by atoms with van der Waals surface area (Å²) in [4.78, 5) is 29.1. The Hall–Kier alpha value is -3.31. The van der Waals surface area contributed by atoms with Crippen molar-refractivity contribution in [2.75, 3.05) is 6.54 Å². The zero-order chi connectivity index (χ0) is 22.6. The van der Waals surface area contributed by atoms with Crippen LogP contribution in [0.3, 0.4) is 0 Å². The molecule has 6 nitrogen and oxygen atoms in total. The Labute approximate surface area is 189 Å². The highest BCUT2D eigenvalue weighted by molar-refractivity contribution is 7.18. The van der Waals surface area contributed by atoms with E-state index in [0.717, 1.165) is 40.6 Å². The second-order valence-electron chi connectivity index (χ2n) is 8.06. The molecule has 1 heterocycles. The molecule has 1 aromatic heterocycles. The minimum atomic E-state index is -0.813. The van der Waals surface area contributed by atoms with Gasteiger partial charge in [0.25, 0.3) is 0 Å². The zero-order valence-electron chi connectivity index (χ0n) is 17.5. The Morgan fingerprint density at radius 3 is 2.62 bits per heavy atom. The van der Waals surface area contributed by atoms with Gasteiger partial charge in [0.2, 0.25) is 11.8 Å². The van der Waals surface area contributed by atoms with Crippen LogP contribution in [-0.4, -0.2) is 28.9 Å². The lowest BCUT2D eigenvalue weighted by atomic mass is 9.83. The molecular formula is C24H23FN4O2S. The zero-order valence-corrected chi connectivity index (χ0v) is 18.3. The molecule has 0 bridgehead atoms. The molecule has 2 N–H and O–H groups in total. The molecule has 1 aliphatic carbocycles. The van der Waals surface area contributed by atoms with E-state index < -0.39 is 5.54 Å². The number of amides is 2. The van der Waals surface area contributed by atoms with Crippen molar-refractivity contribution in [3.05, 3.63) is 53.3 Å². The monoisotopic (exact) mass is 450 g/mol. The normalized spacial score (nSPS) is 15.1. The van der Waals surface area contributed by atoms with Gasteiger partial charge >= 0.3 is 0 Å². The molecule has 0 saturated heterocycles. The minimum Gasteiger partial charge on any atom is -0.347 e. The van der Waals surface area contributed by atoms with Crippen molar-refractivity contribution in [1.82, 2.24) is 15.6 Å². The molecule has 0 spiro atoms. The number of carbonyl (C=O) groups excluding carboxylic acids is 2. The summed E-state index contributed by atoms with van der Waals surface area (Å²) in [5.41, 5.74) is 1.61. The summed E-state index contributed by atoms with van der Waals surface area (Å²) in [6, 6.07) is 14.3. The van der Waals surface area contributed by atoms with E-state index >= 15 is 0 Å². The fourth-order valence-electron chi connectivity index (χ4n) is 4.01. The quantitative estimate of drug-likeness (QED) is 0.591. The maximum Gasteiger partial charge on any atom is 0.240 e. The van der Waals surface area contributed by atoms with E-state index in [0.29, 0.717) is 17.8 Å². The number of halogens is 1. The number of nitriles is 1. The summed E-state index contributed by atoms with van der Waals surface area (Å²) in [5.74, 6) is -0.956. The van der Waals surface area contributed by atoms with Crippen LogP contribution in [0.1, 0.15) is 37.1 Å². The average Bonchev–Trinajstić information content (AvgIpc) is 3.19. The number of hydrogen-bond donors (Lipinski definition) is 2. The summed E-state index contributed by atoms with van der Waals surface area (Å²) in [6.45, 7) is -0.170. The highest BCUT2D eigenvalue weighted by Gasteiger charge is 2.33. The SMILES string of the molecule is N#CC1(NC(=O)CNC(=O)Cc2nc3ccc(-c4cccc(F)c4)cc3s2)CCCCC1. The molecule has 1 aliphatic rings. The van der Waals surface area contributed by atoms with Gasteiger partial charge < -0.3 is 10.6 Å². The fraction of sp³-hybridized carbons (Fsp3) is 0.333. The van der Waals surface area contributed by atoms with E-state index in [9.17, 15) is 19.2 Å². The van der Waals surface area contributed by atoms with Gasteiger partial charge in [0.1, 0.15) is 16.4 Å². The molecule has 1 fully saturated rings. The van der Waals surface area contributed by atoms with Gasteiger partial charge in [0.05, 0.1) is 29.3 Å². The van der Waals surface area contributed by atoms with E-state index in [1.165, 1.54) is 23.5 Å². The van der Waals surface area contributed by atoms with Crippen LogP contribution in [0.4, 0.5) is 4.39 Å². The van der Waals surface area contributed by atoms with Crippen molar-refractivity contribution in [1.29, 1.82) is 5.26 Å². The van der Waals surface area contributed by atoms with Crippen LogP contribution in [0.25, 0.3) is 21.3 Å². The van der Waals surface area contributed by atoms with Gasteiger partial charge in [-0.1, -0.05) is 37.5 Å². The number of nitrogens with one attached hydrogen (secondary N) is 2. The molecule has 0 unspecified atom stereocenters. The maximum atomic E-state index is 13.5. The summed E-state index contributed by atoms with van der Waals surface area (Å²) < 4.78 is 14.4. The van der Waals surface area contributed by atoms with Crippen LogP contribution in [0.5, 0.6) is 0 Å². The standard InChI is InChI=1S/C24H23FN4O2S/c25-18-6-4-5-16(11-18)17-7-8-19-20(12-17)32-23(28-19)13-21(30)27-14-22(31)29-24(15-26)9-2-1-3-10-24/h4-8,11-12H,1-3,9-10,13-14H2,(H,27,30)(H,29,31). The lowest BCUT2D eigenvalue weighted by molar-refractivity contribution is -0.126. The van der Waals surface area contributed by atoms with Crippen molar-refractivity contribution in [2.24, 2.45) is 0 Å². The van der Waals surface area contributed by atoms with E-state index in [2.05, 4.69) is 21.7 Å². The molecule has 2 amide bonds. The van der Waals surface area contributed by atoms with Gasteiger partial charge in [-0.25, -0.2) is 9.37 Å². The summed E-state index contributed by atoms with van der Waals surface area (Å²) in [7, 11) is 0. The summed E-state index contributed by atoms with van der Waals surface area (Å²) >= 11 is 1.40. The number of fused-ring (bicyclic) bond motifs is 1. The second-order valence-corrected chi connectivity index (χ2v) is 9.17. The first-order chi connectivity index (χ1) is 15.5. The van der Waals surface area contributed by atoms with Crippen LogP contribution in [-0.2, 0) is 16.0 Å². The number of rotatable bonds is 6. The molecule has 32 heavy (non-hydrogen) atoms. The predicted octanol–water partition coefficient (Wildman–Crippen LogP) is 4.10. The molecule has 2 aromatic carbocycles. The molecule has 0 aliphatic heterocycles. The Morgan fingerprint density at radius 1 is 1.09 bits per heavy atom. The first-order valence-corrected chi connectivity index (χ1v) is 11.4.